The molecule has 1 aromatic heterocycles. The van der Waals surface area contributed by atoms with Crippen LogP contribution in [0.1, 0.15) is 41.0 Å². The molecule has 1 atom stereocenters. The fraction of sp³-hybridized carbons (Fsp3) is 0.400. The van der Waals surface area contributed by atoms with Crippen molar-refractivity contribution >= 4 is 27.3 Å². The maximum atomic E-state index is 4.72. The van der Waals surface area contributed by atoms with Crippen molar-refractivity contribution in [2.45, 2.75) is 39.8 Å². The molecule has 0 fully saturated rings. The molecule has 0 saturated carbocycles. The van der Waals surface area contributed by atoms with Crippen molar-refractivity contribution in [1.82, 2.24) is 10.3 Å². The van der Waals surface area contributed by atoms with E-state index in [2.05, 4.69) is 67.1 Å². The van der Waals surface area contributed by atoms with Gasteiger partial charge >= 0.3 is 0 Å². The van der Waals surface area contributed by atoms with E-state index in [1.807, 2.05) is 6.07 Å². The van der Waals surface area contributed by atoms with Gasteiger partial charge in [-0.25, -0.2) is 4.98 Å². The van der Waals surface area contributed by atoms with E-state index in [1.165, 1.54) is 10.4 Å². The summed E-state index contributed by atoms with van der Waals surface area (Å²) < 4.78 is 1.12. The molecule has 1 unspecified atom stereocenters. The third-order valence-corrected chi connectivity index (χ3v) is 4.87. The fourth-order valence-corrected chi connectivity index (χ4v) is 3.47. The smallest absolute Gasteiger partial charge is 0.115 e. The molecule has 19 heavy (non-hydrogen) atoms. The zero-order valence-corrected chi connectivity index (χ0v) is 14.1. The minimum atomic E-state index is 0.146. The molecule has 1 aromatic carbocycles. The predicted molar refractivity (Wildman–Crippen MR) is 85.8 cm³/mol. The minimum absolute atomic E-state index is 0.146. The molecule has 2 nitrogen and oxygen atoms in total. The van der Waals surface area contributed by atoms with Crippen molar-refractivity contribution in [2.75, 3.05) is 0 Å². The Balaban J connectivity index is 2.44. The lowest BCUT2D eigenvalue weighted by Crippen LogP contribution is -2.29. The molecule has 0 bridgehead atoms. The van der Waals surface area contributed by atoms with Gasteiger partial charge in [-0.1, -0.05) is 34.1 Å². The van der Waals surface area contributed by atoms with Crippen LogP contribution < -0.4 is 5.32 Å². The molecule has 0 aliphatic carbocycles. The van der Waals surface area contributed by atoms with Crippen LogP contribution in [0.5, 0.6) is 0 Å². The number of aryl methyl sites for hydroxylation is 2. The number of hydrogen-bond donors (Lipinski definition) is 1. The summed E-state index contributed by atoms with van der Waals surface area (Å²) in [7, 11) is 0. The Hall–Kier alpha value is -0.710. The van der Waals surface area contributed by atoms with E-state index in [9.17, 15) is 0 Å². The predicted octanol–water partition coefficient (Wildman–Crippen LogP) is 4.61. The second-order valence-electron chi connectivity index (χ2n) is 4.97. The normalized spacial score (nSPS) is 12.9. The van der Waals surface area contributed by atoms with E-state index < -0.39 is 0 Å². The van der Waals surface area contributed by atoms with Gasteiger partial charge in [-0.05, 0) is 39.3 Å². The van der Waals surface area contributed by atoms with Gasteiger partial charge in [0.1, 0.15) is 5.01 Å². The van der Waals surface area contributed by atoms with Crippen LogP contribution in [-0.2, 0) is 0 Å². The Morgan fingerprint density at radius 2 is 1.89 bits per heavy atom. The van der Waals surface area contributed by atoms with Crippen LogP contribution in [-0.4, -0.2) is 11.0 Å². The van der Waals surface area contributed by atoms with E-state index in [1.54, 1.807) is 11.3 Å². The fourth-order valence-electron chi connectivity index (χ4n) is 1.96. The van der Waals surface area contributed by atoms with Crippen molar-refractivity contribution in [3.8, 4) is 0 Å². The highest BCUT2D eigenvalue weighted by Crippen LogP contribution is 2.32. The average molecular weight is 339 g/mol. The summed E-state index contributed by atoms with van der Waals surface area (Å²) >= 11 is 5.42. The van der Waals surface area contributed by atoms with Crippen LogP contribution >= 0.6 is 27.3 Å². The minimum Gasteiger partial charge on any atom is -0.302 e. The maximum absolute atomic E-state index is 4.72. The topological polar surface area (TPSA) is 24.9 Å². The van der Waals surface area contributed by atoms with Gasteiger partial charge in [-0.2, -0.15) is 0 Å². The Labute approximate surface area is 127 Å². The van der Waals surface area contributed by atoms with Crippen molar-refractivity contribution in [1.29, 1.82) is 0 Å². The second-order valence-corrected chi connectivity index (χ2v) is 7.06. The van der Waals surface area contributed by atoms with Crippen molar-refractivity contribution in [3.63, 3.8) is 0 Å². The van der Waals surface area contributed by atoms with E-state index in [-0.39, 0.29) is 6.04 Å². The SMILES string of the molecule is Cc1nc(C(NC(C)C)c2ccccc2Br)sc1C. The van der Waals surface area contributed by atoms with Gasteiger partial charge < -0.3 is 5.32 Å². The molecule has 0 radical (unpaired) electrons. The quantitative estimate of drug-likeness (QED) is 0.880. The van der Waals surface area contributed by atoms with Crippen molar-refractivity contribution < 1.29 is 0 Å². The highest BCUT2D eigenvalue weighted by atomic mass is 79.9. The van der Waals surface area contributed by atoms with Crippen molar-refractivity contribution in [2.24, 2.45) is 0 Å². The highest BCUT2D eigenvalue weighted by molar-refractivity contribution is 9.10. The summed E-state index contributed by atoms with van der Waals surface area (Å²) in [5.41, 5.74) is 2.37. The summed E-state index contributed by atoms with van der Waals surface area (Å²) in [5, 5.41) is 4.75. The molecule has 0 aliphatic rings. The zero-order chi connectivity index (χ0) is 14.0. The van der Waals surface area contributed by atoms with E-state index in [0.29, 0.717) is 6.04 Å². The molecule has 2 rings (SSSR count). The van der Waals surface area contributed by atoms with Crippen LogP contribution in [0.4, 0.5) is 0 Å². The number of benzene rings is 1. The Morgan fingerprint density at radius 1 is 1.21 bits per heavy atom. The number of thiazole rings is 1. The molecule has 102 valence electrons. The van der Waals surface area contributed by atoms with Crippen LogP contribution in [0.3, 0.4) is 0 Å². The third-order valence-electron chi connectivity index (χ3n) is 3.01. The lowest BCUT2D eigenvalue weighted by molar-refractivity contribution is 0.525. The molecular formula is C15H19BrN2S. The number of nitrogens with zero attached hydrogens (tertiary/aromatic N) is 1. The van der Waals surface area contributed by atoms with Crippen molar-refractivity contribution in [3.05, 3.63) is 49.9 Å². The number of hydrogen-bond acceptors (Lipinski definition) is 3. The van der Waals surface area contributed by atoms with Gasteiger partial charge in [-0.15, -0.1) is 11.3 Å². The van der Waals surface area contributed by atoms with E-state index in [4.69, 9.17) is 4.98 Å². The number of rotatable bonds is 4. The summed E-state index contributed by atoms with van der Waals surface area (Å²) in [5.74, 6) is 0. The van der Waals surface area contributed by atoms with Gasteiger partial charge in [-0.3, -0.25) is 0 Å². The Morgan fingerprint density at radius 3 is 2.42 bits per heavy atom. The third kappa shape index (κ3) is 3.44. The van der Waals surface area contributed by atoms with Gasteiger partial charge in [0.15, 0.2) is 0 Å². The molecular weight excluding hydrogens is 320 g/mol. The first-order valence-electron chi connectivity index (χ1n) is 6.43. The molecule has 0 aliphatic heterocycles. The van der Waals surface area contributed by atoms with Crippen LogP contribution in [0, 0.1) is 13.8 Å². The second kappa shape index (κ2) is 6.16. The summed E-state index contributed by atoms with van der Waals surface area (Å²) in [6.07, 6.45) is 0. The first-order valence-corrected chi connectivity index (χ1v) is 8.04. The van der Waals surface area contributed by atoms with Gasteiger partial charge in [0.2, 0.25) is 0 Å². The highest BCUT2D eigenvalue weighted by Gasteiger charge is 2.21. The summed E-state index contributed by atoms with van der Waals surface area (Å²) in [6, 6.07) is 8.89. The lowest BCUT2D eigenvalue weighted by Gasteiger charge is -2.21. The Kier molecular flexibility index (Phi) is 4.76. The number of nitrogens with one attached hydrogen (secondary N) is 1. The average Bonchev–Trinajstić information content (AvgIpc) is 2.67. The molecule has 4 heteroatoms. The molecule has 1 heterocycles. The van der Waals surface area contributed by atoms with E-state index >= 15 is 0 Å². The maximum Gasteiger partial charge on any atom is 0.115 e. The standard InChI is InChI=1S/C15H19BrN2S/c1-9(2)17-14(12-7-5-6-8-13(12)16)15-18-10(3)11(4)19-15/h5-9,14,17H,1-4H3. The first kappa shape index (κ1) is 14.7. The number of aromatic nitrogens is 1. The van der Waals surface area contributed by atoms with Gasteiger partial charge in [0.25, 0.3) is 0 Å². The molecule has 2 aromatic rings. The molecule has 0 saturated heterocycles. The Bertz CT molecular complexity index is 544. The first-order chi connectivity index (χ1) is 8.99. The lowest BCUT2D eigenvalue weighted by atomic mass is 10.1. The zero-order valence-electron chi connectivity index (χ0n) is 11.7. The monoisotopic (exact) mass is 338 g/mol. The van der Waals surface area contributed by atoms with Gasteiger partial charge in [0.05, 0.1) is 11.7 Å². The summed E-state index contributed by atoms with van der Waals surface area (Å²) in [6.45, 7) is 8.53. The van der Waals surface area contributed by atoms with Gasteiger partial charge in [0, 0.05) is 15.4 Å². The molecule has 1 N–H and O–H groups in total. The largest absolute Gasteiger partial charge is 0.302 e. The van der Waals surface area contributed by atoms with Crippen LogP contribution in [0.2, 0.25) is 0 Å². The van der Waals surface area contributed by atoms with E-state index in [0.717, 1.165) is 15.2 Å². The molecule has 0 spiro atoms. The molecule has 0 amide bonds. The van der Waals surface area contributed by atoms with Crippen LogP contribution in [0.25, 0.3) is 0 Å². The summed E-state index contributed by atoms with van der Waals surface area (Å²) in [4.78, 5) is 6.01. The van der Waals surface area contributed by atoms with Crippen LogP contribution in [0.15, 0.2) is 28.7 Å². The number of halogens is 1.